The van der Waals surface area contributed by atoms with E-state index in [1.807, 2.05) is 12.1 Å². The standard InChI is InChI=1S/C13H18F2N2O/c14-13(15)18-12-3-1-10(2-4-12)9-17-11-5-7-16-8-6-11/h1-4,11,13,16-17H,5-9H2. The van der Waals surface area contributed by atoms with Crippen molar-refractivity contribution in [2.75, 3.05) is 13.1 Å². The van der Waals surface area contributed by atoms with Gasteiger partial charge in [-0.2, -0.15) is 8.78 Å². The molecule has 1 aromatic carbocycles. The van der Waals surface area contributed by atoms with Gasteiger partial charge in [0, 0.05) is 12.6 Å². The first-order valence-electron chi connectivity index (χ1n) is 6.22. The molecular weight excluding hydrogens is 238 g/mol. The Labute approximate surface area is 106 Å². The average molecular weight is 256 g/mol. The van der Waals surface area contributed by atoms with Gasteiger partial charge < -0.3 is 15.4 Å². The monoisotopic (exact) mass is 256 g/mol. The second-order valence-electron chi connectivity index (χ2n) is 4.43. The van der Waals surface area contributed by atoms with Crippen LogP contribution in [0.25, 0.3) is 0 Å². The fraction of sp³-hybridized carbons (Fsp3) is 0.538. The Morgan fingerprint density at radius 1 is 1.22 bits per heavy atom. The maximum Gasteiger partial charge on any atom is 0.387 e. The number of piperidine rings is 1. The van der Waals surface area contributed by atoms with Gasteiger partial charge in [0.15, 0.2) is 0 Å². The average Bonchev–Trinajstić information content (AvgIpc) is 2.38. The highest BCUT2D eigenvalue weighted by Crippen LogP contribution is 2.15. The highest BCUT2D eigenvalue weighted by Gasteiger charge is 2.11. The minimum absolute atomic E-state index is 0.204. The van der Waals surface area contributed by atoms with E-state index in [1.54, 1.807) is 12.1 Å². The van der Waals surface area contributed by atoms with Gasteiger partial charge in [-0.05, 0) is 43.6 Å². The number of benzene rings is 1. The number of halogens is 2. The number of hydrogen-bond donors (Lipinski definition) is 2. The summed E-state index contributed by atoms with van der Waals surface area (Å²) in [5.41, 5.74) is 1.08. The van der Waals surface area contributed by atoms with Crippen LogP contribution in [0, 0.1) is 0 Å². The molecule has 0 amide bonds. The summed E-state index contributed by atoms with van der Waals surface area (Å²) < 4.78 is 28.2. The van der Waals surface area contributed by atoms with Gasteiger partial charge in [-0.1, -0.05) is 12.1 Å². The lowest BCUT2D eigenvalue weighted by molar-refractivity contribution is -0.0498. The van der Waals surface area contributed by atoms with Crippen molar-refractivity contribution in [3.63, 3.8) is 0 Å². The zero-order valence-electron chi connectivity index (χ0n) is 10.2. The smallest absolute Gasteiger partial charge is 0.387 e. The molecular formula is C13H18F2N2O. The van der Waals surface area contributed by atoms with Crippen LogP contribution in [0.1, 0.15) is 18.4 Å². The van der Waals surface area contributed by atoms with Crippen LogP contribution in [0.4, 0.5) is 8.78 Å². The van der Waals surface area contributed by atoms with Crippen molar-refractivity contribution >= 4 is 0 Å². The van der Waals surface area contributed by atoms with Crippen molar-refractivity contribution in [1.82, 2.24) is 10.6 Å². The molecule has 0 aliphatic carbocycles. The molecule has 2 N–H and O–H groups in total. The van der Waals surface area contributed by atoms with Crippen molar-refractivity contribution in [2.45, 2.75) is 32.0 Å². The fourth-order valence-corrected chi connectivity index (χ4v) is 2.08. The lowest BCUT2D eigenvalue weighted by atomic mass is 10.1. The Balaban J connectivity index is 1.78. The van der Waals surface area contributed by atoms with Crippen LogP contribution in [-0.4, -0.2) is 25.7 Å². The molecule has 0 aromatic heterocycles. The summed E-state index contributed by atoms with van der Waals surface area (Å²) in [5.74, 6) is 0.204. The van der Waals surface area contributed by atoms with Crippen LogP contribution in [-0.2, 0) is 6.54 Å². The quantitative estimate of drug-likeness (QED) is 0.846. The lowest BCUT2D eigenvalue weighted by Gasteiger charge is -2.23. The number of hydrogen-bond acceptors (Lipinski definition) is 3. The fourth-order valence-electron chi connectivity index (χ4n) is 2.08. The van der Waals surface area contributed by atoms with Gasteiger partial charge in [0.2, 0.25) is 0 Å². The van der Waals surface area contributed by atoms with Gasteiger partial charge in [0.25, 0.3) is 0 Å². The molecule has 0 radical (unpaired) electrons. The largest absolute Gasteiger partial charge is 0.435 e. The van der Waals surface area contributed by atoms with Crippen LogP contribution in [0.5, 0.6) is 5.75 Å². The van der Waals surface area contributed by atoms with Crippen molar-refractivity contribution in [2.24, 2.45) is 0 Å². The Kier molecular flexibility index (Phi) is 4.90. The zero-order valence-corrected chi connectivity index (χ0v) is 10.2. The van der Waals surface area contributed by atoms with Crippen LogP contribution >= 0.6 is 0 Å². The summed E-state index contributed by atoms with van der Waals surface area (Å²) in [4.78, 5) is 0. The van der Waals surface area contributed by atoms with Crippen molar-refractivity contribution < 1.29 is 13.5 Å². The van der Waals surface area contributed by atoms with Gasteiger partial charge in [-0.3, -0.25) is 0 Å². The number of nitrogens with one attached hydrogen (secondary N) is 2. The molecule has 1 saturated heterocycles. The van der Waals surface area contributed by atoms with Crippen molar-refractivity contribution in [3.05, 3.63) is 29.8 Å². The molecule has 1 heterocycles. The van der Waals surface area contributed by atoms with E-state index in [9.17, 15) is 8.78 Å². The minimum atomic E-state index is -2.76. The Hall–Kier alpha value is -1.20. The summed E-state index contributed by atoms with van der Waals surface area (Å²) in [7, 11) is 0. The summed E-state index contributed by atoms with van der Waals surface area (Å²) in [6, 6.07) is 7.32. The predicted octanol–water partition coefficient (Wildman–Crippen LogP) is 2.13. The van der Waals surface area contributed by atoms with Gasteiger partial charge in [-0.25, -0.2) is 0 Å². The van der Waals surface area contributed by atoms with E-state index < -0.39 is 6.61 Å². The van der Waals surface area contributed by atoms with Crippen molar-refractivity contribution in [3.8, 4) is 5.75 Å². The lowest BCUT2D eigenvalue weighted by Crippen LogP contribution is -2.39. The second kappa shape index (κ2) is 6.66. The molecule has 0 spiro atoms. The van der Waals surface area contributed by atoms with Crippen LogP contribution in [0.3, 0.4) is 0 Å². The molecule has 100 valence electrons. The highest BCUT2D eigenvalue weighted by molar-refractivity contribution is 5.27. The van der Waals surface area contributed by atoms with Crippen LogP contribution < -0.4 is 15.4 Å². The SMILES string of the molecule is FC(F)Oc1ccc(CNC2CCNCC2)cc1. The van der Waals surface area contributed by atoms with E-state index in [1.165, 1.54) is 0 Å². The molecule has 2 rings (SSSR count). The third-order valence-corrected chi connectivity index (χ3v) is 3.08. The van der Waals surface area contributed by atoms with E-state index in [0.29, 0.717) is 6.04 Å². The van der Waals surface area contributed by atoms with Gasteiger partial charge in [-0.15, -0.1) is 0 Å². The maximum absolute atomic E-state index is 12.0. The van der Waals surface area contributed by atoms with Crippen LogP contribution in [0.2, 0.25) is 0 Å². The summed E-state index contributed by atoms with van der Waals surface area (Å²) in [5, 5.41) is 6.78. The summed E-state index contributed by atoms with van der Waals surface area (Å²) >= 11 is 0. The van der Waals surface area contributed by atoms with Crippen molar-refractivity contribution in [1.29, 1.82) is 0 Å². The molecule has 1 aromatic rings. The van der Waals surface area contributed by atoms with E-state index in [0.717, 1.165) is 38.0 Å². The third-order valence-electron chi connectivity index (χ3n) is 3.08. The normalized spacial score (nSPS) is 17.1. The molecule has 1 aliphatic rings. The summed E-state index contributed by atoms with van der Waals surface area (Å²) in [6.45, 7) is 0.112. The van der Waals surface area contributed by atoms with E-state index in [4.69, 9.17) is 0 Å². The molecule has 1 fully saturated rings. The third kappa shape index (κ3) is 4.23. The molecule has 0 saturated carbocycles. The van der Waals surface area contributed by atoms with Gasteiger partial charge in [0.05, 0.1) is 0 Å². The van der Waals surface area contributed by atoms with Crippen LogP contribution in [0.15, 0.2) is 24.3 Å². The van der Waals surface area contributed by atoms with Gasteiger partial charge in [0.1, 0.15) is 5.75 Å². The molecule has 0 atom stereocenters. The molecule has 0 bridgehead atoms. The molecule has 3 nitrogen and oxygen atoms in total. The minimum Gasteiger partial charge on any atom is -0.435 e. The number of alkyl halides is 2. The maximum atomic E-state index is 12.0. The Morgan fingerprint density at radius 3 is 2.50 bits per heavy atom. The van der Waals surface area contributed by atoms with E-state index in [2.05, 4.69) is 15.4 Å². The number of rotatable bonds is 5. The Bertz CT molecular complexity index is 351. The molecule has 18 heavy (non-hydrogen) atoms. The molecule has 5 heteroatoms. The first kappa shape index (κ1) is 13.2. The Morgan fingerprint density at radius 2 is 1.89 bits per heavy atom. The molecule has 0 unspecified atom stereocenters. The second-order valence-corrected chi connectivity index (χ2v) is 4.43. The first-order chi connectivity index (χ1) is 8.74. The zero-order chi connectivity index (χ0) is 12.8. The predicted molar refractivity (Wildman–Crippen MR) is 65.8 cm³/mol. The van der Waals surface area contributed by atoms with Gasteiger partial charge >= 0.3 is 6.61 Å². The summed E-state index contributed by atoms with van der Waals surface area (Å²) in [6.07, 6.45) is 2.26. The highest BCUT2D eigenvalue weighted by atomic mass is 19.3. The first-order valence-corrected chi connectivity index (χ1v) is 6.22. The molecule has 1 aliphatic heterocycles. The topological polar surface area (TPSA) is 33.3 Å². The van der Waals surface area contributed by atoms with E-state index >= 15 is 0 Å². The van der Waals surface area contributed by atoms with E-state index in [-0.39, 0.29) is 5.75 Å². The number of ether oxygens (including phenoxy) is 1.